The molecular weight excluding hydrogens is 1500 g/mol. The van der Waals surface area contributed by atoms with Crippen LogP contribution in [0.4, 0.5) is 0 Å². The highest BCUT2D eigenvalue weighted by atomic mass is 16.6. The van der Waals surface area contributed by atoms with Crippen LogP contribution in [0.15, 0.2) is 48.5 Å². The highest BCUT2D eigenvalue weighted by Crippen LogP contribution is 2.52. The second kappa shape index (κ2) is 53.4. The highest BCUT2D eigenvalue weighted by Gasteiger charge is 2.38. The molecule has 0 spiro atoms. The smallest absolute Gasteiger partial charge is 0.341 e. The second-order valence-electron chi connectivity index (χ2n) is 23.0. The van der Waals surface area contributed by atoms with Crippen molar-refractivity contribution in [3.05, 3.63) is 93.0 Å². The van der Waals surface area contributed by atoms with Gasteiger partial charge >= 0.3 is 47.8 Å². The number of rotatable bonds is 64. The Balaban J connectivity index is 2.20. The Morgan fingerprint density at radius 3 is 0.455 bits per heavy atom. The third-order valence-corrected chi connectivity index (χ3v) is 14.9. The Bertz CT molecular complexity index is 2930. The summed E-state index contributed by atoms with van der Waals surface area (Å²) in [5, 5.41) is 82.9. The molecule has 624 valence electrons. The molecule has 0 heterocycles. The van der Waals surface area contributed by atoms with E-state index in [1.807, 2.05) is 0 Å². The van der Waals surface area contributed by atoms with Gasteiger partial charge in [0.25, 0.3) is 0 Å². The predicted molar refractivity (Wildman–Crippen MR) is 376 cm³/mol. The highest BCUT2D eigenvalue weighted by molar-refractivity contribution is 5.73. The molecule has 0 unspecified atom stereocenters. The van der Waals surface area contributed by atoms with Crippen molar-refractivity contribution in [2.45, 2.75) is 24.4 Å². The first kappa shape index (κ1) is 93.0. The van der Waals surface area contributed by atoms with Gasteiger partial charge in [0.2, 0.25) is 0 Å². The summed E-state index contributed by atoms with van der Waals surface area (Å²) >= 11 is 0. The number of carboxylic acid groups (broad SMARTS) is 8. The molecule has 40 nitrogen and oxygen atoms in total. The molecular formula is C72H96O40. The fraction of sp³-hybridized carbons (Fsp3) is 0.556. The molecule has 0 aliphatic heterocycles. The summed E-state index contributed by atoms with van der Waals surface area (Å²) < 4.78 is 142. The van der Waals surface area contributed by atoms with Gasteiger partial charge in [0, 0.05) is 97.2 Å². The van der Waals surface area contributed by atoms with Gasteiger partial charge in [-0.2, -0.15) is 0 Å². The van der Waals surface area contributed by atoms with Crippen LogP contribution in [0.25, 0.3) is 0 Å². The molecule has 1 aliphatic carbocycles. The van der Waals surface area contributed by atoms with Crippen LogP contribution < -0.4 is 37.9 Å². The summed E-state index contributed by atoms with van der Waals surface area (Å²) in [5.74, 6) is -16.5. The first-order chi connectivity index (χ1) is 54.1. The van der Waals surface area contributed by atoms with Crippen molar-refractivity contribution >= 4 is 47.8 Å². The molecule has 4 aromatic carbocycles. The van der Waals surface area contributed by atoms with Gasteiger partial charge in [-0.1, -0.05) is 0 Å². The SMILES string of the molecule is COCCOCCOCCOC1c2cc(c(OCC(=O)O)cc2OCC(=O)O)C(OCCOCCOCCOC)c2cc(c(OCC(=O)O)cc2OCC(=O)O)C(OCCOCCOCCOC)c2cc(c(OCC(=O)O)cc2OCC(=O)O)C(OCCOCCOCCOC)c2cc1c(OCC(=O)O)cc2OCC(=O)O. The number of fused-ring (bicyclic) bond motifs is 8. The van der Waals surface area contributed by atoms with Crippen LogP contribution in [0.1, 0.15) is 68.9 Å². The maximum Gasteiger partial charge on any atom is 0.341 e. The Kier molecular flexibility index (Phi) is 44.3. The van der Waals surface area contributed by atoms with Gasteiger partial charge in [0.05, 0.1) is 159 Å². The maximum atomic E-state index is 12.8. The molecule has 8 N–H and O–H groups in total. The summed E-state index contributed by atoms with van der Waals surface area (Å²) in [6.07, 6.45) is -7.51. The Hall–Kier alpha value is -9.60. The number of carbonyl (C=O) groups is 8. The summed E-state index contributed by atoms with van der Waals surface area (Å²) in [5.41, 5.74) is -2.31. The summed E-state index contributed by atoms with van der Waals surface area (Å²) in [7, 11) is 5.90. The van der Waals surface area contributed by atoms with Gasteiger partial charge in [-0.3, -0.25) is 0 Å². The fourth-order valence-corrected chi connectivity index (χ4v) is 10.3. The number of benzene rings is 4. The quantitative estimate of drug-likeness (QED) is 0.0295. The fourth-order valence-electron chi connectivity index (χ4n) is 10.3. The van der Waals surface area contributed by atoms with Gasteiger partial charge in [-0.05, 0) is 24.3 Å². The number of aliphatic carboxylic acids is 8. The molecule has 40 heteroatoms. The lowest BCUT2D eigenvalue weighted by molar-refractivity contribution is -0.140. The summed E-state index contributed by atoms with van der Waals surface area (Å²) in [6, 6.07) is 9.09. The van der Waals surface area contributed by atoms with Crippen LogP contribution in [0.3, 0.4) is 0 Å². The van der Waals surface area contributed by atoms with E-state index in [0.717, 1.165) is 24.3 Å². The first-order valence-electron chi connectivity index (χ1n) is 34.6. The molecule has 0 atom stereocenters. The zero-order chi connectivity index (χ0) is 81.4. The van der Waals surface area contributed by atoms with Crippen LogP contribution in [-0.2, 0) is 114 Å². The van der Waals surface area contributed by atoms with Crippen molar-refractivity contribution in [2.24, 2.45) is 0 Å². The van der Waals surface area contributed by atoms with E-state index in [1.165, 1.54) is 52.7 Å². The first-order valence-corrected chi connectivity index (χ1v) is 34.6. The van der Waals surface area contributed by atoms with Crippen LogP contribution >= 0.6 is 0 Å². The van der Waals surface area contributed by atoms with E-state index in [2.05, 4.69) is 0 Å². The molecule has 0 aromatic heterocycles. The van der Waals surface area contributed by atoms with E-state index < -0.39 is 197 Å². The van der Waals surface area contributed by atoms with Crippen LogP contribution in [0, 0.1) is 0 Å². The molecule has 0 radical (unpaired) electrons. The van der Waals surface area contributed by atoms with E-state index in [1.54, 1.807) is 0 Å². The van der Waals surface area contributed by atoms with Crippen molar-refractivity contribution < 1.29 is 193 Å². The molecule has 4 aromatic rings. The zero-order valence-corrected chi connectivity index (χ0v) is 62.2. The van der Waals surface area contributed by atoms with Gasteiger partial charge < -0.3 is 155 Å². The van der Waals surface area contributed by atoms with E-state index in [0.29, 0.717) is 0 Å². The van der Waals surface area contributed by atoms with E-state index in [9.17, 15) is 79.2 Å². The van der Waals surface area contributed by atoms with Gasteiger partial charge in [-0.25, -0.2) is 38.4 Å². The number of methoxy groups -OCH3 is 4. The largest absolute Gasteiger partial charge is 0.481 e. The van der Waals surface area contributed by atoms with E-state index in [4.69, 9.17) is 114 Å². The number of carboxylic acids is 8. The lowest BCUT2D eigenvalue weighted by Gasteiger charge is -2.32. The van der Waals surface area contributed by atoms with Crippen molar-refractivity contribution in [2.75, 3.05) is 240 Å². The molecule has 8 bridgehead atoms. The Morgan fingerprint density at radius 2 is 0.330 bits per heavy atom. The maximum absolute atomic E-state index is 12.8. The minimum absolute atomic E-state index is 0.0437. The van der Waals surface area contributed by atoms with Crippen LogP contribution in [-0.4, -0.2) is 328 Å². The average molecular weight is 1600 g/mol. The van der Waals surface area contributed by atoms with Gasteiger partial charge in [0.15, 0.2) is 52.9 Å². The normalized spacial score (nSPS) is 14.4. The molecule has 0 fully saturated rings. The second-order valence-corrected chi connectivity index (χ2v) is 23.0. The molecule has 0 saturated carbocycles. The Labute approximate surface area is 641 Å². The van der Waals surface area contributed by atoms with Gasteiger partial charge in [-0.15, -0.1) is 0 Å². The number of hydrogen-bond acceptors (Lipinski definition) is 32. The molecule has 0 amide bonds. The topological polar surface area (TPSA) is 520 Å². The van der Waals surface area contributed by atoms with E-state index >= 15 is 0 Å². The van der Waals surface area contributed by atoms with Crippen LogP contribution in [0.5, 0.6) is 46.0 Å². The van der Waals surface area contributed by atoms with Gasteiger partial charge in [0.1, 0.15) is 70.4 Å². The molecule has 1 aliphatic rings. The standard InChI is InChI=1S/C72H96O40/c1-89-5-9-93-13-17-97-21-25-101-69-45-29-47(55(107-39-63(77)78)33-53(45)105-37-61(73)74)70(102-26-22-98-18-14-94-10-6-90-2)49-31-51(59(111-43-67(85)86)35-57(49)109-41-65(81)82)72(104-28-24-100-20-16-96-12-8-92-4)52-32-50(58(110-42-66(83)84)36-60(52)112-44-68(87)88)71(103-27-23-99-19-15-95-11-7-91-3)48-30-46(69)54(106-38-62(75)76)34-56(48)108-40-64(79)80/h29-36,69-72H,5-28,37-44H2,1-4H3,(H,73,74)(H,75,76)(H,77,78)(H,79,80)(H,81,82)(H,83,84)(H,85,86)(H,87,88). The zero-order valence-electron chi connectivity index (χ0n) is 62.2. The minimum atomic E-state index is -1.88. The molecule has 0 saturated heterocycles. The Morgan fingerprint density at radius 1 is 0.205 bits per heavy atom. The van der Waals surface area contributed by atoms with E-state index in [-0.39, 0.29) is 177 Å². The van der Waals surface area contributed by atoms with Crippen molar-refractivity contribution in [1.29, 1.82) is 0 Å². The lowest BCUT2D eigenvalue weighted by atomic mass is 9.87. The number of ether oxygens (including phenoxy) is 24. The predicted octanol–water partition coefficient (Wildman–Crippen LogP) is 2.85. The monoisotopic (exact) mass is 1600 g/mol. The van der Waals surface area contributed by atoms with Crippen molar-refractivity contribution in [1.82, 2.24) is 0 Å². The molecule has 5 rings (SSSR count). The lowest BCUT2D eigenvalue weighted by Crippen LogP contribution is -2.23. The van der Waals surface area contributed by atoms with Crippen molar-refractivity contribution in [3.8, 4) is 46.0 Å². The average Bonchev–Trinajstić information content (AvgIpc) is 0.746. The summed E-state index contributed by atoms with van der Waals surface area (Å²) in [6.45, 7) is -10.7. The number of hydrogen-bond donors (Lipinski definition) is 8. The van der Waals surface area contributed by atoms with Crippen LogP contribution in [0.2, 0.25) is 0 Å². The summed E-state index contributed by atoms with van der Waals surface area (Å²) in [4.78, 5) is 102. The third kappa shape index (κ3) is 34.2. The minimum Gasteiger partial charge on any atom is -0.481 e. The third-order valence-electron chi connectivity index (χ3n) is 14.9. The van der Waals surface area contributed by atoms with Crippen molar-refractivity contribution in [3.63, 3.8) is 0 Å². The molecule has 112 heavy (non-hydrogen) atoms.